The van der Waals surface area contributed by atoms with Gasteiger partial charge in [0.15, 0.2) is 0 Å². The van der Waals surface area contributed by atoms with E-state index in [1.165, 1.54) is 16.8 Å². The van der Waals surface area contributed by atoms with Crippen LogP contribution in [0.3, 0.4) is 0 Å². The van der Waals surface area contributed by atoms with Crippen LogP contribution in [-0.4, -0.2) is 42.8 Å². The highest BCUT2D eigenvalue weighted by Gasteiger charge is 2.41. The molecule has 1 fully saturated rings. The van der Waals surface area contributed by atoms with Crippen LogP contribution in [0.5, 0.6) is 0 Å². The van der Waals surface area contributed by atoms with Gasteiger partial charge in [0.1, 0.15) is 0 Å². The van der Waals surface area contributed by atoms with E-state index in [1.54, 1.807) is 0 Å². The van der Waals surface area contributed by atoms with Crippen molar-refractivity contribution in [2.24, 2.45) is 11.0 Å². The molecule has 2 atom stereocenters. The fraction of sp³-hybridized carbons (Fsp3) is 0.286. The lowest BCUT2D eigenvalue weighted by Crippen LogP contribution is -2.41. The maximum Gasteiger partial charge on any atom is 0.0813 e. The summed E-state index contributed by atoms with van der Waals surface area (Å²) >= 11 is 12.1. The number of piperidine rings is 1. The zero-order valence-electron chi connectivity index (χ0n) is 14.9. The summed E-state index contributed by atoms with van der Waals surface area (Å²) in [7, 11) is 4.23. The Balaban J connectivity index is 1.68. The van der Waals surface area contributed by atoms with Crippen molar-refractivity contribution in [3.05, 3.63) is 75.3 Å². The van der Waals surface area contributed by atoms with Gasteiger partial charge in [0.2, 0.25) is 0 Å². The van der Waals surface area contributed by atoms with Crippen molar-refractivity contribution in [2.45, 2.75) is 6.04 Å². The lowest BCUT2D eigenvalue weighted by molar-refractivity contribution is 0.211. The third-order valence-corrected chi connectivity index (χ3v) is 5.60. The van der Waals surface area contributed by atoms with Gasteiger partial charge >= 0.3 is 0 Å². The molecule has 0 spiro atoms. The maximum absolute atomic E-state index is 6.07. The molecule has 1 saturated heterocycles. The van der Waals surface area contributed by atoms with Crippen molar-refractivity contribution in [3.63, 3.8) is 0 Å². The monoisotopic (exact) mass is 385 g/mol. The van der Waals surface area contributed by atoms with E-state index in [0.29, 0.717) is 5.92 Å². The summed E-state index contributed by atoms with van der Waals surface area (Å²) in [6.45, 7) is 1.90. The van der Waals surface area contributed by atoms with E-state index in [1.807, 2.05) is 24.3 Å². The first kappa shape index (κ1) is 17.6. The summed E-state index contributed by atoms with van der Waals surface area (Å²) in [5.74, 6) is 0.346. The molecule has 5 heteroatoms. The van der Waals surface area contributed by atoms with Crippen LogP contribution in [0.25, 0.3) is 6.08 Å². The molecular formula is C21H21Cl2N3. The zero-order chi connectivity index (χ0) is 18.3. The summed E-state index contributed by atoms with van der Waals surface area (Å²) in [6.07, 6.45) is 2.23. The molecule has 0 aliphatic carbocycles. The fourth-order valence-corrected chi connectivity index (χ4v) is 4.22. The standard InChI is InChI=1S/C21H21Cl2N3/c1-25-12-16(11-14-3-7-17(22)8-4-14)20-19(13-25)21(26(2)24-20)15-5-9-18(23)10-6-15/h3-11,19,21H,12-13H2,1-2H3/b16-11-/t19-,21+/m0/s1. The van der Waals surface area contributed by atoms with Gasteiger partial charge in [0.05, 0.1) is 11.8 Å². The molecule has 0 N–H and O–H groups in total. The summed E-state index contributed by atoms with van der Waals surface area (Å²) in [5.41, 5.74) is 4.87. The Morgan fingerprint density at radius 3 is 2.23 bits per heavy atom. The van der Waals surface area contributed by atoms with Crippen LogP contribution >= 0.6 is 23.2 Å². The van der Waals surface area contributed by atoms with Crippen LogP contribution in [-0.2, 0) is 0 Å². The van der Waals surface area contributed by atoms with Crippen LogP contribution in [0.4, 0.5) is 0 Å². The number of fused-ring (bicyclic) bond motifs is 1. The molecule has 0 unspecified atom stereocenters. The first-order chi connectivity index (χ1) is 12.5. The Hall–Kier alpha value is -1.81. The second-order valence-corrected chi connectivity index (χ2v) is 7.95. The van der Waals surface area contributed by atoms with Gasteiger partial charge in [0.25, 0.3) is 0 Å². The van der Waals surface area contributed by atoms with Gasteiger partial charge in [-0.2, -0.15) is 5.10 Å². The van der Waals surface area contributed by atoms with Gasteiger partial charge in [0, 0.05) is 36.1 Å². The van der Waals surface area contributed by atoms with Crippen molar-refractivity contribution in [1.82, 2.24) is 9.91 Å². The summed E-state index contributed by atoms with van der Waals surface area (Å²) in [6, 6.07) is 16.3. The molecule has 0 saturated carbocycles. The van der Waals surface area contributed by atoms with E-state index >= 15 is 0 Å². The predicted molar refractivity (Wildman–Crippen MR) is 110 cm³/mol. The van der Waals surface area contributed by atoms with E-state index in [2.05, 4.69) is 54.3 Å². The average Bonchev–Trinajstić information content (AvgIpc) is 2.94. The van der Waals surface area contributed by atoms with Crippen LogP contribution in [0.15, 0.2) is 59.2 Å². The predicted octanol–water partition coefficient (Wildman–Crippen LogP) is 4.98. The Labute approximate surface area is 164 Å². The number of likely N-dealkylation sites (N-methyl/N-ethyl adjacent to an activating group) is 1. The molecule has 2 aromatic carbocycles. The number of benzene rings is 2. The minimum Gasteiger partial charge on any atom is -0.301 e. The zero-order valence-corrected chi connectivity index (χ0v) is 16.4. The van der Waals surface area contributed by atoms with Crippen LogP contribution < -0.4 is 0 Å². The molecule has 4 rings (SSSR count). The summed E-state index contributed by atoms with van der Waals surface area (Å²) in [5, 5.41) is 8.53. The molecule has 0 aromatic heterocycles. The number of rotatable bonds is 2. The molecule has 2 heterocycles. The minimum absolute atomic E-state index is 0.235. The lowest BCUT2D eigenvalue weighted by atomic mass is 9.83. The number of hydrogen-bond donors (Lipinski definition) is 0. The summed E-state index contributed by atoms with van der Waals surface area (Å²) in [4.78, 5) is 2.37. The fourth-order valence-electron chi connectivity index (χ4n) is 3.96. The van der Waals surface area contributed by atoms with Crippen molar-refractivity contribution in [2.75, 3.05) is 27.2 Å². The van der Waals surface area contributed by atoms with E-state index in [9.17, 15) is 0 Å². The van der Waals surface area contributed by atoms with Crippen molar-refractivity contribution in [1.29, 1.82) is 0 Å². The molecule has 2 aliphatic heterocycles. The van der Waals surface area contributed by atoms with Crippen molar-refractivity contribution < 1.29 is 0 Å². The van der Waals surface area contributed by atoms with Gasteiger partial charge in [-0.15, -0.1) is 0 Å². The molecule has 0 bridgehead atoms. The van der Waals surface area contributed by atoms with E-state index in [-0.39, 0.29) is 6.04 Å². The molecule has 134 valence electrons. The van der Waals surface area contributed by atoms with Crippen molar-refractivity contribution >= 4 is 35.0 Å². The Bertz CT molecular complexity index is 856. The largest absolute Gasteiger partial charge is 0.301 e. The molecule has 0 amide bonds. The number of nitrogens with zero attached hydrogens (tertiary/aromatic N) is 3. The summed E-state index contributed by atoms with van der Waals surface area (Å²) < 4.78 is 0. The molecule has 3 nitrogen and oxygen atoms in total. The molecule has 26 heavy (non-hydrogen) atoms. The topological polar surface area (TPSA) is 18.8 Å². The Morgan fingerprint density at radius 1 is 0.962 bits per heavy atom. The van der Waals surface area contributed by atoms with Gasteiger partial charge in [-0.05, 0) is 54.1 Å². The van der Waals surface area contributed by atoms with Gasteiger partial charge in [-0.25, -0.2) is 0 Å². The first-order valence-corrected chi connectivity index (χ1v) is 9.49. The highest BCUT2D eigenvalue weighted by molar-refractivity contribution is 6.30. The smallest absolute Gasteiger partial charge is 0.0813 e. The Kier molecular flexibility index (Phi) is 4.78. The van der Waals surface area contributed by atoms with E-state index in [0.717, 1.165) is 28.7 Å². The number of likely N-dealkylation sites (tertiary alicyclic amines) is 1. The van der Waals surface area contributed by atoms with E-state index < -0.39 is 0 Å². The number of halogens is 2. The first-order valence-electron chi connectivity index (χ1n) is 8.73. The SMILES string of the molecule is CN1C/C(=C/c2ccc(Cl)cc2)C2=NN(C)[C@H](c3ccc(Cl)cc3)[C@H]2C1. The molecular weight excluding hydrogens is 365 g/mol. The average molecular weight is 386 g/mol. The third-order valence-electron chi connectivity index (χ3n) is 5.10. The molecule has 2 aromatic rings. The lowest BCUT2D eigenvalue weighted by Gasteiger charge is -2.34. The third kappa shape index (κ3) is 3.39. The van der Waals surface area contributed by atoms with Gasteiger partial charge in [-0.1, -0.05) is 47.5 Å². The van der Waals surface area contributed by atoms with Crippen molar-refractivity contribution in [3.8, 4) is 0 Å². The number of hydrogen-bond acceptors (Lipinski definition) is 3. The minimum atomic E-state index is 0.235. The maximum atomic E-state index is 6.07. The second-order valence-electron chi connectivity index (χ2n) is 7.08. The Morgan fingerprint density at radius 2 is 1.58 bits per heavy atom. The number of hydrazone groups is 1. The van der Waals surface area contributed by atoms with Gasteiger partial charge in [-0.3, -0.25) is 5.01 Å². The molecule has 0 radical (unpaired) electrons. The molecule has 2 aliphatic rings. The van der Waals surface area contributed by atoms with Gasteiger partial charge < -0.3 is 4.90 Å². The van der Waals surface area contributed by atoms with Crippen LogP contribution in [0.2, 0.25) is 10.0 Å². The van der Waals surface area contributed by atoms with E-state index in [4.69, 9.17) is 28.3 Å². The second kappa shape index (κ2) is 7.07. The normalized spacial score (nSPS) is 24.7. The van der Waals surface area contributed by atoms with Crippen LogP contribution in [0.1, 0.15) is 17.2 Å². The highest BCUT2D eigenvalue weighted by Crippen LogP contribution is 2.39. The quantitative estimate of drug-likeness (QED) is 0.725. The highest BCUT2D eigenvalue weighted by atomic mass is 35.5. The van der Waals surface area contributed by atoms with Crippen LogP contribution in [0, 0.1) is 5.92 Å².